The summed E-state index contributed by atoms with van der Waals surface area (Å²) in [5.41, 5.74) is 3.17. The number of aromatic hydroxyl groups is 1. The van der Waals surface area contributed by atoms with Crippen LogP contribution in [0.25, 0.3) is 28.0 Å². The number of hydrogen-bond acceptors (Lipinski definition) is 2. The topological polar surface area (TPSA) is 57.5 Å². The number of carbonyl (C=O) groups is 1. The molecule has 150 valence electrons. The fourth-order valence-corrected chi connectivity index (χ4v) is 3.50. The van der Waals surface area contributed by atoms with Crippen LogP contribution in [0.3, 0.4) is 0 Å². The van der Waals surface area contributed by atoms with Gasteiger partial charge in [-0.3, -0.25) is 0 Å². The number of allylic oxidation sites excluding steroid dienone is 1. The van der Waals surface area contributed by atoms with E-state index in [0.717, 1.165) is 33.9 Å². The summed E-state index contributed by atoms with van der Waals surface area (Å²) < 4.78 is 0. The Labute approximate surface area is 172 Å². The molecule has 0 amide bonds. The Morgan fingerprint density at radius 3 is 2.34 bits per heavy atom. The molecule has 0 atom stereocenters. The summed E-state index contributed by atoms with van der Waals surface area (Å²) >= 11 is 0. The summed E-state index contributed by atoms with van der Waals surface area (Å²) in [5, 5.41) is 21.2. The van der Waals surface area contributed by atoms with Gasteiger partial charge in [0, 0.05) is 5.56 Å². The molecule has 29 heavy (non-hydrogen) atoms. The molecule has 0 fully saturated rings. The van der Waals surface area contributed by atoms with Crippen molar-refractivity contribution < 1.29 is 15.0 Å². The number of hydrogen-bond donors (Lipinski definition) is 2. The number of unbranched alkanes of at least 4 members (excludes halogenated alkanes) is 5. The summed E-state index contributed by atoms with van der Waals surface area (Å²) in [6.45, 7) is 2.22. The van der Waals surface area contributed by atoms with Gasteiger partial charge in [-0.05, 0) is 65.1 Å². The molecule has 2 N–H and O–H groups in total. The second-order valence-electron chi connectivity index (χ2n) is 7.46. The third-order valence-electron chi connectivity index (χ3n) is 5.22. The third kappa shape index (κ3) is 5.47. The van der Waals surface area contributed by atoms with Crippen molar-refractivity contribution in [1.82, 2.24) is 0 Å². The molecule has 0 saturated heterocycles. The maximum Gasteiger partial charge on any atom is 0.335 e. The summed E-state index contributed by atoms with van der Waals surface area (Å²) in [7, 11) is 0. The average molecular weight is 389 g/mol. The summed E-state index contributed by atoms with van der Waals surface area (Å²) in [4.78, 5) is 11.1. The van der Waals surface area contributed by atoms with Crippen molar-refractivity contribution in [2.24, 2.45) is 0 Å². The highest BCUT2D eigenvalue weighted by molar-refractivity contribution is 5.95. The molecule has 0 unspecified atom stereocenters. The van der Waals surface area contributed by atoms with Crippen LogP contribution in [0.4, 0.5) is 0 Å². The van der Waals surface area contributed by atoms with Crippen molar-refractivity contribution in [3.05, 3.63) is 71.8 Å². The first kappa shape index (κ1) is 20.7. The number of rotatable bonds is 9. The van der Waals surface area contributed by atoms with E-state index in [1.165, 1.54) is 32.1 Å². The number of benzene rings is 3. The van der Waals surface area contributed by atoms with E-state index in [1.807, 2.05) is 36.4 Å². The number of aromatic carboxylic acids is 1. The number of fused-ring (bicyclic) bond motifs is 1. The highest BCUT2D eigenvalue weighted by Crippen LogP contribution is 2.29. The van der Waals surface area contributed by atoms with Gasteiger partial charge in [-0.1, -0.05) is 69.0 Å². The second-order valence-corrected chi connectivity index (χ2v) is 7.46. The summed E-state index contributed by atoms with van der Waals surface area (Å²) in [6, 6.07) is 16.8. The van der Waals surface area contributed by atoms with E-state index in [4.69, 9.17) is 5.11 Å². The minimum atomic E-state index is -0.920. The minimum Gasteiger partial charge on any atom is -0.507 e. The first-order chi connectivity index (χ1) is 14.1. The van der Waals surface area contributed by atoms with Crippen LogP contribution in [0.5, 0.6) is 5.75 Å². The van der Waals surface area contributed by atoms with Crippen molar-refractivity contribution in [1.29, 1.82) is 0 Å². The quantitative estimate of drug-likeness (QED) is 0.379. The van der Waals surface area contributed by atoms with Crippen LogP contribution in [0.2, 0.25) is 0 Å². The van der Waals surface area contributed by atoms with Crippen LogP contribution in [0, 0.1) is 0 Å². The van der Waals surface area contributed by atoms with Crippen LogP contribution >= 0.6 is 0 Å². The van der Waals surface area contributed by atoms with Crippen LogP contribution < -0.4 is 0 Å². The predicted octanol–water partition coefficient (Wildman–Crippen LogP) is 7.28. The molecule has 3 heteroatoms. The molecular weight excluding hydrogens is 360 g/mol. The van der Waals surface area contributed by atoms with E-state index in [-0.39, 0.29) is 11.3 Å². The zero-order valence-corrected chi connectivity index (χ0v) is 16.9. The fraction of sp³-hybridized carbons (Fsp3) is 0.269. The molecule has 0 bridgehead atoms. The maximum absolute atomic E-state index is 11.1. The molecule has 0 spiro atoms. The van der Waals surface area contributed by atoms with Gasteiger partial charge in [0.1, 0.15) is 5.75 Å². The Hall–Kier alpha value is -3.07. The Kier molecular flexibility index (Phi) is 7.07. The van der Waals surface area contributed by atoms with Gasteiger partial charge >= 0.3 is 5.97 Å². The van der Waals surface area contributed by atoms with E-state index in [9.17, 15) is 9.90 Å². The van der Waals surface area contributed by atoms with Crippen molar-refractivity contribution in [2.45, 2.75) is 45.4 Å². The molecule has 3 rings (SSSR count). The van der Waals surface area contributed by atoms with Crippen molar-refractivity contribution >= 4 is 22.8 Å². The Bertz CT molecular complexity index is 1020. The molecule has 0 aliphatic carbocycles. The van der Waals surface area contributed by atoms with Crippen molar-refractivity contribution in [3.63, 3.8) is 0 Å². The standard InChI is InChI=1S/C26H28O3/c1-2-3-4-5-6-7-8-9-23-17-22(14-15-25(23)27)19-10-11-21-18-24(26(28)29)13-12-20(21)16-19/h8-18,27H,2-7H2,1H3,(H,28,29). The Balaban J connectivity index is 1.76. The second kappa shape index (κ2) is 9.92. The molecular formula is C26H28O3. The first-order valence-corrected chi connectivity index (χ1v) is 10.4. The first-order valence-electron chi connectivity index (χ1n) is 10.4. The molecule has 3 aromatic rings. The van der Waals surface area contributed by atoms with Gasteiger partial charge in [0.2, 0.25) is 0 Å². The summed E-state index contributed by atoms with van der Waals surface area (Å²) in [5.74, 6) is -0.640. The van der Waals surface area contributed by atoms with E-state index >= 15 is 0 Å². The van der Waals surface area contributed by atoms with Gasteiger partial charge in [-0.15, -0.1) is 0 Å². The lowest BCUT2D eigenvalue weighted by atomic mass is 9.98. The summed E-state index contributed by atoms with van der Waals surface area (Å²) in [6.07, 6.45) is 11.4. The lowest BCUT2D eigenvalue weighted by Crippen LogP contribution is -1.95. The van der Waals surface area contributed by atoms with E-state index < -0.39 is 5.97 Å². The van der Waals surface area contributed by atoms with E-state index in [1.54, 1.807) is 18.2 Å². The Morgan fingerprint density at radius 2 is 1.55 bits per heavy atom. The highest BCUT2D eigenvalue weighted by Gasteiger charge is 2.06. The SMILES string of the molecule is CCCCCCCC=Cc1cc(-c2ccc3cc(C(=O)O)ccc3c2)ccc1O. The average Bonchev–Trinajstić information content (AvgIpc) is 2.73. The molecule has 0 aromatic heterocycles. The lowest BCUT2D eigenvalue weighted by molar-refractivity contribution is 0.0697. The molecule has 0 aliphatic heterocycles. The fourth-order valence-electron chi connectivity index (χ4n) is 3.50. The van der Waals surface area contributed by atoms with Gasteiger partial charge < -0.3 is 10.2 Å². The molecule has 0 aliphatic rings. The Morgan fingerprint density at radius 1 is 0.862 bits per heavy atom. The predicted molar refractivity (Wildman–Crippen MR) is 120 cm³/mol. The molecule has 3 aromatic carbocycles. The van der Waals surface area contributed by atoms with Gasteiger partial charge in [0.25, 0.3) is 0 Å². The zero-order valence-electron chi connectivity index (χ0n) is 16.9. The van der Waals surface area contributed by atoms with Crippen LogP contribution in [0.15, 0.2) is 60.7 Å². The monoisotopic (exact) mass is 388 g/mol. The van der Waals surface area contributed by atoms with Crippen molar-refractivity contribution in [3.8, 4) is 16.9 Å². The van der Waals surface area contributed by atoms with Crippen LogP contribution in [0.1, 0.15) is 61.4 Å². The zero-order chi connectivity index (χ0) is 20.6. The third-order valence-corrected chi connectivity index (χ3v) is 5.22. The van der Waals surface area contributed by atoms with Crippen LogP contribution in [-0.2, 0) is 0 Å². The van der Waals surface area contributed by atoms with E-state index in [0.29, 0.717) is 0 Å². The largest absolute Gasteiger partial charge is 0.507 e. The van der Waals surface area contributed by atoms with Gasteiger partial charge in [-0.25, -0.2) is 4.79 Å². The number of carboxylic acids is 1. The number of phenols is 1. The van der Waals surface area contributed by atoms with Crippen LogP contribution in [-0.4, -0.2) is 16.2 Å². The van der Waals surface area contributed by atoms with E-state index in [2.05, 4.69) is 19.1 Å². The van der Waals surface area contributed by atoms with Gasteiger partial charge in [-0.2, -0.15) is 0 Å². The van der Waals surface area contributed by atoms with Gasteiger partial charge in [0.05, 0.1) is 5.56 Å². The van der Waals surface area contributed by atoms with Gasteiger partial charge in [0.15, 0.2) is 0 Å². The highest BCUT2D eigenvalue weighted by atomic mass is 16.4. The number of carboxylic acid groups (broad SMARTS) is 1. The molecule has 3 nitrogen and oxygen atoms in total. The normalized spacial score (nSPS) is 11.3. The molecule has 0 radical (unpaired) electrons. The smallest absolute Gasteiger partial charge is 0.335 e. The number of phenolic OH excluding ortho intramolecular Hbond substituents is 1. The lowest BCUT2D eigenvalue weighted by Gasteiger charge is -2.08. The maximum atomic E-state index is 11.1. The van der Waals surface area contributed by atoms with Crippen molar-refractivity contribution in [2.75, 3.05) is 0 Å². The molecule has 0 heterocycles. The molecule has 0 saturated carbocycles. The minimum absolute atomic E-state index is 0.280.